The van der Waals surface area contributed by atoms with Crippen LogP contribution in [0.4, 0.5) is 0 Å². The Bertz CT molecular complexity index is 416. The van der Waals surface area contributed by atoms with Gasteiger partial charge >= 0.3 is 0 Å². The molecule has 0 bridgehead atoms. The minimum Gasteiger partial charge on any atom is -0.347 e. The van der Waals surface area contributed by atoms with Gasteiger partial charge in [0.05, 0.1) is 6.54 Å². The molecular weight excluding hydrogens is 236 g/mol. The third-order valence-corrected chi connectivity index (χ3v) is 2.35. The average Bonchev–Trinajstić information content (AvgIpc) is 2.79. The van der Waals surface area contributed by atoms with Crippen molar-refractivity contribution in [2.45, 2.75) is 39.7 Å². The van der Waals surface area contributed by atoms with E-state index in [1.807, 2.05) is 6.92 Å². The topological polar surface area (TPSA) is 97.1 Å². The molecule has 0 radical (unpaired) electrons. The van der Waals surface area contributed by atoms with E-state index in [4.69, 9.17) is 4.52 Å². The highest BCUT2D eigenvalue weighted by Crippen LogP contribution is 2.13. The minimum absolute atomic E-state index is 0.0453. The minimum atomic E-state index is -0.322. The van der Waals surface area contributed by atoms with Crippen molar-refractivity contribution < 1.29 is 14.1 Å². The molecule has 7 nitrogen and oxygen atoms in total. The first kappa shape index (κ1) is 14.1. The SMILES string of the molecule is CCC(=O)NCC(=O)NC(CC)c1nc(C)no1. The molecule has 0 aliphatic heterocycles. The van der Waals surface area contributed by atoms with Gasteiger partial charge in [-0.1, -0.05) is 19.0 Å². The molecule has 0 saturated carbocycles. The Hall–Kier alpha value is -1.92. The Morgan fingerprint density at radius 1 is 1.33 bits per heavy atom. The molecule has 0 fully saturated rings. The summed E-state index contributed by atoms with van der Waals surface area (Å²) < 4.78 is 5.00. The van der Waals surface area contributed by atoms with Gasteiger partial charge in [0.25, 0.3) is 0 Å². The number of aryl methyl sites for hydroxylation is 1. The van der Waals surface area contributed by atoms with Crippen LogP contribution in [0.3, 0.4) is 0 Å². The van der Waals surface area contributed by atoms with Gasteiger partial charge in [0.2, 0.25) is 17.7 Å². The number of amides is 2. The standard InChI is InChI=1S/C11H18N4O3/c1-4-8(11-13-7(3)15-18-11)14-10(17)6-12-9(16)5-2/h8H,4-6H2,1-3H3,(H,12,16)(H,14,17). The van der Waals surface area contributed by atoms with Crippen LogP contribution >= 0.6 is 0 Å². The van der Waals surface area contributed by atoms with Crippen LogP contribution in [0.15, 0.2) is 4.52 Å². The van der Waals surface area contributed by atoms with Crippen LogP contribution in [0.1, 0.15) is 44.4 Å². The van der Waals surface area contributed by atoms with Gasteiger partial charge in [-0.25, -0.2) is 0 Å². The van der Waals surface area contributed by atoms with Crippen LogP contribution in [0.2, 0.25) is 0 Å². The number of nitrogens with zero attached hydrogens (tertiary/aromatic N) is 2. The zero-order valence-electron chi connectivity index (χ0n) is 10.8. The van der Waals surface area contributed by atoms with E-state index in [2.05, 4.69) is 20.8 Å². The van der Waals surface area contributed by atoms with E-state index >= 15 is 0 Å². The first-order valence-corrected chi connectivity index (χ1v) is 5.93. The summed E-state index contributed by atoms with van der Waals surface area (Å²) in [7, 11) is 0. The number of nitrogens with one attached hydrogen (secondary N) is 2. The van der Waals surface area contributed by atoms with Crippen molar-refractivity contribution in [3.05, 3.63) is 11.7 Å². The molecule has 1 aromatic heterocycles. The molecule has 100 valence electrons. The monoisotopic (exact) mass is 254 g/mol. The molecule has 0 saturated heterocycles. The average molecular weight is 254 g/mol. The number of rotatable bonds is 6. The van der Waals surface area contributed by atoms with Crippen molar-refractivity contribution in [1.29, 1.82) is 0 Å². The van der Waals surface area contributed by atoms with Crippen LogP contribution in [0, 0.1) is 6.92 Å². The zero-order valence-corrected chi connectivity index (χ0v) is 10.8. The molecule has 0 spiro atoms. The molecule has 2 N–H and O–H groups in total. The van der Waals surface area contributed by atoms with E-state index in [9.17, 15) is 9.59 Å². The smallest absolute Gasteiger partial charge is 0.249 e. The second-order valence-electron chi connectivity index (χ2n) is 3.84. The molecule has 1 heterocycles. The predicted octanol–water partition coefficient (Wildman–Crippen LogP) is 0.472. The van der Waals surface area contributed by atoms with Crippen molar-refractivity contribution in [1.82, 2.24) is 20.8 Å². The lowest BCUT2D eigenvalue weighted by molar-refractivity contribution is -0.126. The summed E-state index contributed by atoms with van der Waals surface area (Å²) in [5.74, 6) is 0.466. The van der Waals surface area contributed by atoms with Gasteiger partial charge in [-0.2, -0.15) is 4.98 Å². The molecule has 1 aromatic rings. The lowest BCUT2D eigenvalue weighted by Crippen LogP contribution is -2.38. The van der Waals surface area contributed by atoms with Crippen LogP contribution in [0.25, 0.3) is 0 Å². The Balaban J connectivity index is 2.48. The summed E-state index contributed by atoms with van der Waals surface area (Å²) in [4.78, 5) is 26.7. The molecular formula is C11H18N4O3. The summed E-state index contributed by atoms with van der Waals surface area (Å²) in [5.41, 5.74) is 0. The fourth-order valence-electron chi connectivity index (χ4n) is 1.34. The largest absolute Gasteiger partial charge is 0.347 e. The van der Waals surface area contributed by atoms with Gasteiger partial charge in [-0.05, 0) is 13.3 Å². The molecule has 7 heteroatoms. The highest BCUT2D eigenvalue weighted by molar-refractivity contribution is 5.84. The molecule has 2 amide bonds. The summed E-state index contributed by atoms with van der Waals surface area (Å²) in [6.07, 6.45) is 0.989. The van der Waals surface area contributed by atoms with E-state index in [1.54, 1.807) is 13.8 Å². The Morgan fingerprint density at radius 3 is 2.56 bits per heavy atom. The van der Waals surface area contributed by atoms with Crippen LogP contribution < -0.4 is 10.6 Å². The van der Waals surface area contributed by atoms with Gasteiger partial charge in [0, 0.05) is 6.42 Å². The van der Waals surface area contributed by atoms with Gasteiger partial charge in [-0.3, -0.25) is 9.59 Å². The first-order chi connectivity index (χ1) is 8.56. The van der Waals surface area contributed by atoms with Crippen LogP contribution in [0.5, 0.6) is 0 Å². The maximum atomic E-state index is 11.6. The van der Waals surface area contributed by atoms with E-state index in [0.717, 1.165) is 0 Å². The summed E-state index contributed by atoms with van der Waals surface area (Å²) in [6.45, 7) is 5.29. The number of carbonyl (C=O) groups is 2. The molecule has 0 aliphatic carbocycles. The number of hydrogen-bond donors (Lipinski definition) is 2. The third-order valence-electron chi connectivity index (χ3n) is 2.35. The van der Waals surface area contributed by atoms with Gasteiger partial charge in [-0.15, -0.1) is 0 Å². The highest BCUT2D eigenvalue weighted by atomic mass is 16.5. The second-order valence-corrected chi connectivity index (χ2v) is 3.84. The first-order valence-electron chi connectivity index (χ1n) is 5.93. The Morgan fingerprint density at radius 2 is 2.06 bits per heavy atom. The van der Waals surface area contributed by atoms with E-state index in [1.165, 1.54) is 0 Å². The van der Waals surface area contributed by atoms with Crippen LogP contribution in [-0.4, -0.2) is 28.5 Å². The molecule has 0 aliphatic rings. The van der Waals surface area contributed by atoms with Crippen molar-refractivity contribution in [2.24, 2.45) is 0 Å². The van der Waals surface area contributed by atoms with E-state index in [0.29, 0.717) is 24.6 Å². The third kappa shape index (κ3) is 4.15. The molecule has 0 aromatic carbocycles. The van der Waals surface area contributed by atoms with Crippen molar-refractivity contribution in [3.63, 3.8) is 0 Å². The lowest BCUT2D eigenvalue weighted by atomic mass is 10.2. The van der Waals surface area contributed by atoms with Gasteiger partial charge in [0.15, 0.2) is 5.82 Å². The maximum Gasteiger partial charge on any atom is 0.249 e. The fraction of sp³-hybridized carbons (Fsp3) is 0.636. The lowest BCUT2D eigenvalue weighted by Gasteiger charge is -2.12. The summed E-state index contributed by atoms with van der Waals surface area (Å²) in [6, 6.07) is -0.322. The van der Waals surface area contributed by atoms with Crippen molar-refractivity contribution >= 4 is 11.8 Å². The highest BCUT2D eigenvalue weighted by Gasteiger charge is 2.18. The van der Waals surface area contributed by atoms with Crippen molar-refractivity contribution in [2.75, 3.05) is 6.54 Å². The summed E-state index contributed by atoms with van der Waals surface area (Å²) >= 11 is 0. The van der Waals surface area contributed by atoms with Gasteiger partial charge < -0.3 is 15.2 Å². The fourth-order valence-corrected chi connectivity index (χ4v) is 1.34. The molecule has 18 heavy (non-hydrogen) atoms. The quantitative estimate of drug-likeness (QED) is 0.769. The van der Waals surface area contributed by atoms with Gasteiger partial charge in [0.1, 0.15) is 6.04 Å². The van der Waals surface area contributed by atoms with E-state index < -0.39 is 0 Å². The zero-order chi connectivity index (χ0) is 13.5. The van der Waals surface area contributed by atoms with Crippen LogP contribution in [-0.2, 0) is 9.59 Å². The molecule has 1 atom stereocenters. The number of aromatic nitrogens is 2. The van der Waals surface area contributed by atoms with Crippen molar-refractivity contribution in [3.8, 4) is 0 Å². The summed E-state index contributed by atoms with van der Waals surface area (Å²) in [5, 5.41) is 8.90. The maximum absolute atomic E-state index is 11.6. The Kier molecular flexibility index (Phi) is 5.29. The predicted molar refractivity (Wildman–Crippen MR) is 63.5 cm³/mol. The normalized spacial score (nSPS) is 11.9. The number of carbonyl (C=O) groups excluding carboxylic acids is 2. The van der Waals surface area contributed by atoms with E-state index in [-0.39, 0.29) is 24.4 Å². The second kappa shape index (κ2) is 6.73. The molecule has 1 unspecified atom stereocenters. The number of hydrogen-bond acceptors (Lipinski definition) is 5. The Labute approximate surface area is 105 Å². The molecule has 1 rings (SSSR count).